The third-order valence-electron chi connectivity index (χ3n) is 2.18. The highest BCUT2D eigenvalue weighted by atomic mass is 35.5. The minimum absolute atomic E-state index is 0.194. The second-order valence-corrected chi connectivity index (χ2v) is 3.63. The van der Waals surface area contributed by atoms with Crippen molar-refractivity contribution in [3.63, 3.8) is 0 Å². The van der Waals surface area contributed by atoms with Crippen molar-refractivity contribution >= 4 is 17.5 Å². The van der Waals surface area contributed by atoms with Gasteiger partial charge in [0, 0.05) is 11.1 Å². The number of methoxy groups -OCH3 is 1. The average Bonchev–Trinajstić information content (AvgIpc) is 2.68. The Morgan fingerprint density at radius 2 is 2.19 bits per heavy atom. The zero-order valence-electron chi connectivity index (χ0n) is 8.81. The topological polar surface area (TPSA) is 78.8 Å². The van der Waals surface area contributed by atoms with E-state index in [0.29, 0.717) is 16.5 Å². The lowest BCUT2D eigenvalue weighted by atomic mass is 10.2. The van der Waals surface area contributed by atoms with Crippen LogP contribution in [0.15, 0.2) is 12.1 Å². The van der Waals surface area contributed by atoms with E-state index >= 15 is 0 Å². The summed E-state index contributed by atoms with van der Waals surface area (Å²) < 4.78 is 6.59. The first-order valence-electron chi connectivity index (χ1n) is 4.52. The minimum atomic E-state index is 0.194. The Labute approximate surface area is 97.0 Å². The van der Waals surface area contributed by atoms with Gasteiger partial charge in [-0.05, 0) is 29.0 Å². The molecule has 0 aliphatic carbocycles. The Bertz CT molecular complexity index is 525. The number of nitrogens with two attached hydrogens (primary N) is 1. The van der Waals surface area contributed by atoms with E-state index in [-0.39, 0.29) is 5.95 Å². The van der Waals surface area contributed by atoms with Gasteiger partial charge in [-0.1, -0.05) is 16.7 Å². The molecular formula is C9H10ClN5O. The molecule has 0 saturated heterocycles. The summed E-state index contributed by atoms with van der Waals surface area (Å²) in [7, 11) is 1.55. The Balaban J connectivity index is 2.64. The SMILES string of the molecule is COc1cc(Cl)c(C)cc1-n1nnnc1N. The average molecular weight is 240 g/mol. The molecule has 0 bridgehead atoms. The van der Waals surface area contributed by atoms with Gasteiger partial charge in [0.25, 0.3) is 0 Å². The molecule has 0 aliphatic rings. The highest BCUT2D eigenvalue weighted by Gasteiger charge is 2.12. The van der Waals surface area contributed by atoms with Crippen LogP contribution in [0.1, 0.15) is 5.56 Å². The van der Waals surface area contributed by atoms with Crippen molar-refractivity contribution in [2.75, 3.05) is 12.8 Å². The fourth-order valence-corrected chi connectivity index (χ4v) is 1.50. The lowest BCUT2D eigenvalue weighted by molar-refractivity contribution is 0.411. The second kappa shape index (κ2) is 3.97. The van der Waals surface area contributed by atoms with Crippen molar-refractivity contribution in [2.45, 2.75) is 6.92 Å². The Kier molecular flexibility index (Phi) is 2.66. The maximum atomic E-state index is 5.99. The first kappa shape index (κ1) is 10.7. The van der Waals surface area contributed by atoms with Gasteiger partial charge in [-0.2, -0.15) is 4.68 Å². The molecule has 0 unspecified atom stereocenters. The van der Waals surface area contributed by atoms with Gasteiger partial charge in [0.15, 0.2) is 0 Å². The zero-order chi connectivity index (χ0) is 11.7. The van der Waals surface area contributed by atoms with Crippen LogP contribution in [0, 0.1) is 6.92 Å². The molecule has 1 aromatic heterocycles. The second-order valence-electron chi connectivity index (χ2n) is 3.22. The molecule has 16 heavy (non-hydrogen) atoms. The van der Waals surface area contributed by atoms with Crippen LogP contribution < -0.4 is 10.5 Å². The molecule has 84 valence electrons. The number of anilines is 1. The van der Waals surface area contributed by atoms with Gasteiger partial charge in [0.05, 0.1) is 7.11 Å². The summed E-state index contributed by atoms with van der Waals surface area (Å²) in [6.07, 6.45) is 0. The summed E-state index contributed by atoms with van der Waals surface area (Å²) in [5.41, 5.74) is 7.18. The number of benzene rings is 1. The number of nitrogen functional groups attached to an aromatic ring is 1. The van der Waals surface area contributed by atoms with Crippen LogP contribution in [0.2, 0.25) is 5.02 Å². The van der Waals surface area contributed by atoms with E-state index < -0.39 is 0 Å². The van der Waals surface area contributed by atoms with Crippen molar-refractivity contribution in [1.29, 1.82) is 0 Å². The normalized spacial score (nSPS) is 10.4. The van der Waals surface area contributed by atoms with E-state index in [0.717, 1.165) is 5.56 Å². The van der Waals surface area contributed by atoms with E-state index in [4.69, 9.17) is 22.1 Å². The number of nitrogens with zero attached hydrogens (tertiary/aromatic N) is 4. The lowest BCUT2D eigenvalue weighted by Crippen LogP contribution is -2.05. The number of halogens is 1. The number of rotatable bonds is 2. The van der Waals surface area contributed by atoms with Crippen LogP contribution in [-0.2, 0) is 0 Å². The number of hydrogen-bond donors (Lipinski definition) is 1. The molecular weight excluding hydrogens is 230 g/mol. The zero-order valence-corrected chi connectivity index (χ0v) is 9.56. The van der Waals surface area contributed by atoms with Crippen LogP contribution >= 0.6 is 11.6 Å². The maximum absolute atomic E-state index is 5.99. The monoisotopic (exact) mass is 239 g/mol. The van der Waals surface area contributed by atoms with E-state index in [2.05, 4.69) is 15.5 Å². The van der Waals surface area contributed by atoms with Crippen LogP contribution in [0.3, 0.4) is 0 Å². The number of ether oxygens (including phenoxy) is 1. The van der Waals surface area contributed by atoms with Crippen molar-refractivity contribution in [1.82, 2.24) is 20.2 Å². The van der Waals surface area contributed by atoms with Crippen LogP contribution in [0.25, 0.3) is 5.69 Å². The number of hydrogen-bond acceptors (Lipinski definition) is 5. The highest BCUT2D eigenvalue weighted by Crippen LogP contribution is 2.29. The van der Waals surface area contributed by atoms with Crippen molar-refractivity contribution in [2.24, 2.45) is 0 Å². The quantitative estimate of drug-likeness (QED) is 0.852. The molecule has 1 heterocycles. The molecule has 2 rings (SSSR count). The predicted molar refractivity (Wildman–Crippen MR) is 59.9 cm³/mol. The van der Waals surface area contributed by atoms with E-state index in [9.17, 15) is 0 Å². The highest BCUT2D eigenvalue weighted by molar-refractivity contribution is 6.31. The Hall–Kier alpha value is -1.82. The summed E-state index contributed by atoms with van der Waals surface area (Å²) in [6, 6.07) is 3.52. The van der Waals surface area contributed by atoms with Gasteiger partial charge in [0.1, 0.15) is 11.4 Å². The van der Waals surface area contributed by atoms with Crippen LogP contribution in [-0.4, -0.2) is 27.3 Å². The molecule has 6 nitrogen and oxygen atoms in total. The van der Waals surface area contributed by atoms with Crippen molar-refractivity contribution < 1.29 is 4.74 Å². The van der Waals surface area contributed by atoms with Gasteiger partial charge in [-0.15, -0.1) is 0 Å². The van der Waals surface area contributed by atoms with Crippen molar-refractivity contribution in [3.05, 3.63) is 22.7 Å². The third-order valence-corrected chi connectivity index (χ3v) is 2.59. The first-order valence-corrected chi connectivity index (χ1v) is 4.89. The molecule has 2 N–H and O–H groups in total. The molecule has 7 heteroatoms. The fraction of sp³-hybridized carbons (Fsp3) is 0.222. The molecule has 0 amide bonds. The largest absolute Gasteiger partial charge is 0.494 e. The predicted octanol–water partition coefficient (Wildman–Crippen LogP) is 1.21. The molecule has 0 aliphatic heterocycles. The molecule has 2 aromatic rings. The molecule has 0 radical (unpaired) electrons. The molecule has 0 spiro atoms. The Morgan fingerprint density at radius 3 is 2.75 bits per heavy atom. The summed E-state index contributed by atoms with van der Waals surface area (Å²) >= 11 is 5.99. The van der Waals surface area contributed by atoms with Gasteiger partial charge < -0.3 is 10.5 Å². The summed E-state index contributed by atoms with van der Waals surface area (Å²) in [6.45, 7) is 1.88. The summed E-state index contributed by atoms with van der Waals surface area (Å²) in [5.74, 6) is 0.759. The molecule has 0 saturated carbocycles. The fourth-order valence-electron chi connectivity index (χ4n) is 1.34. The molecule has 0 fully saturated rings. The van der Waals surface area contributed by atoms with Gasteiger partial charge in [0.2, 0.25) is 5.95 Å². The lowest BCUT2D eigenvalue weighted by Gasteiger charge is -2.10. The molecule has 0 atom stereocenters. The van der Waals surface area contributed by atoms with E-state index in [1.54, 1.807) is 13.2 Å². The van der Waals surface area contributed by atoms with Gasteiger partial charge in [-0.25, -0.2) is 0 Å². The Morgan fingerprint density at radius 1 is 1.44 bits per heavy atom. The van der Waals surface area contributed by atoms with E-state index in [1.165, 1.54) is 4.68 Å². The summed E-state index contributed by atoms with van der Waals surface area (Å²) in [5, 5.41) is 11.5. The third kappa shape index (κ3) is 1.67. The standard InChI is InChI=1S/C9H10ClN5O/c1-5-3-7(8(16-2)4-6(5)10)15-9(11)12-13-14-15/h3-4H,1-2H3,(H2,11,12,14). The summed E-state index contributed by atoms with van der Waals surface area (Å²) in [4.78, 5) is 0. The van der Waals surface area contributed by atoms with Crippen LogP contribution in [0.5, 0.6) is 5.75 Å². The van der Waals surface area contributed by atoms with Gasteiger partial charge in [-0.3, -0.25) is 0 Å². The van der Waals surface area contributed by atoms with Crippen LogP contribution in [0.4, 0.5) is 5.95 Å². The number of tetrazole rings is 1. The van der Waals surface area contributed by atoms with E-state index in [1.807, 2.05) is 13.0 Å². The smallest absolute Gasteiger partial charge is 0.245 e. The number of aromatic nitrogens is 4. The van der Waals surface area contributed by atoms with Crippen molar-refractivity contribution in [3.8, 4) is 11.4 Å². The minimum Gasteiger partial charge on any atom is -0.494 e. The molecule has 1 aromatic carbocycles. The number of aryl methyl sites for hydroxylation is 1. The van der Waals surface area contributed by atoms with Gasteiger partial charge >= 0.3 is 0 Å². The first-order chi connectivity index (χ1) is 7.63. The maximum Gasteiger partial charge on any atom is 0.245 e.